The molecule has 0 saturated heterocycles. The fourth-order valence-electron chi connectivity index (χ4n) is 1.66. The smallest absolute Gasteiger partial charge is 0.303 e. The molecule has 0 aliphatic rings. The third-order valence-electron chi connectivity index (χ3n) is 2.48. The van der Waals surface area contributed by atoms with Crippen LogP contribution in [0.2, 0.25) is 0 Å². The summed E-state index contributed by atoms with van der Waals surface area (Å²) in [5, 5.41) is 8.66. The van der Waals surface area contributed by atoms with Crippen LogP contribution in [0.1, 0.15) is 22.3 Å². The van der Waals surface area contributed by atoms with Crippen molar-refractivity contribution < 1.29 is 24.2 Å². The van der Waals surface area contributed by atoms with E-state index in [9.17, 15) is 9.59 Å². The third-order valence-corrected chi connectivity index (χ3v) is 2.48. The second-order valence-corrected chi connectivity index (χ2v) is 3.60. The number of benzene rings is 1. The van der Waals surface area contributed by atoms with Crippen LogP contribution in [0.4, 0.5) is 0 Å². The first kappa shape index (κ1) is 13.8. The lowest BCUT2D eigenvalue weighted by atomic mass is 10.0. The van der Waals surface area contributed by atoms with Gasteiger partial charge >= 0.3 is 5.97 Å². The number of carbonyl (C=O) groups excluding carboxylic acids is 1. The molecular formula is C12H15NO5. The molecule has 0 heterocycles. The van der Waals surface area contributed by atoms with E-state index in [-0.39, 0.29) is 24.2 Å². The highest BCUT2D eigenvalue weighted by atomic mass is 16.5. The van der Waals surface area contributed by atoms with Gasteiger partial charge in [-0.3, -0.25) is 9.59 Å². The van der Waals surface area contributed by atoms with Crippen LogP contribution in [0, 0.1) is 0 Å². The van der Waals surface area contributed by atoms with Crippen LogP contribution in [0.25, 0.3) is 0 Å². The van der Waals surface area contributed by atoms with Gasteiger partial charge in [0.1, 0.15) is 0 Å². The van der Waals surface area contributed by atoms with Gasteiger partial charge in [0.25, 0.3) is 5.91 Å². The second-order valence-electron chi connectivity index (χ2n) is 3.60. The Kier molecular flexibility index (Phi) is 4.53. The molecule has 1 aromatic carbocycles. The lowest BCUT2D eigenvalue weighted by Crippen LogP contribution is -2.13. The number of hydrogen-bond donors (Lipinski definition) is 2. The van der Waals surface area contributed by atoms with Crippen molar-refractivity contribution in [1.29, 1.82) is 0 Å². The van der Waals surface area contributed by atoms with E-state index in [0.29, 0.717) is 11.3 Å². The van der Waals surface area contributed by atoms with E-state index in [1.807, 2.05) is 0 Å². The number of carboxylic acids is 1. The number of ether oxygens (including phenoxy) is 2. The normalized spacial score (nSPS) is 9.89. The number of aryl methyl sites for hydroxylation is 1. The molecule has 6 heteroatoms. The zero-order valence-electron chi connectivity index (χ0n) is 10.2. The van der Waals surface area contributed by atoms with Crippen LogP contribution in [-0.2, 0) is 11.2 Å². The lowest BCUT2D eigenvalue weighted by Gasteiger charge is -2.14. The Hall–Kier alpha value is -2.24. The number of hydrogen-bond acceptors (Lipinski definition) is 4. The molecule has 6 nitrogen and oxygen atoms in total. The first-order chi connectivity index (χ1) is 8.51. The van der Waals surface area contributed by atoms with Crippen LogP contribution in [0.5, 0.6) is 11.5 Å². The van der Waals surface area contributed by atoms with Crippen LogP contribution in [0.3, 0.4) is 0 Å². The summed E-state index contributed by atoms with van der Waals surface area (Å²) in [5.41, 5.74) is 6.07. The topological polar surface area (TPSA) is 98.9 Å². The minimum atomic E-state index is -0.907. The van der Waals surface area contributed by atoms with Gasteiger partial charge in [-0.05, 0) is 18.1 Å². The molecule has 0 saturated carbocycles. The number of amides is 1. The summed E-state index contributed by atoms with van der Waals surface area (Å²) >= 11 is 0. The number of primary amides is 1. The molecule has 0 aliphatic carbocycles. The molecule has 0 aromatic heterocycles. The van der Waals surface area contributed by atoms with E-state index in [1.165, 1.54) is 20.3 Å². The van der Waals surface area contributed by atoms with Gasteiger partial charge in [-0.1, -0.05) is 6.07 Å². The second kappa shape index (κ2) is 5.90. The van der Waals surface area contributed by atoms with Crippen molar-refractivity contribution in [2.75, 3.05) is 14.2 Å². The maximum atomic E-state index is 11.2. The van der Waals surface area contributed by atoms with E-state index in [4.69, 9.17) is 20.3 Å². The van der Waals surface area contributed by atoms with Crippen molar-refractivity contribution in [1.82, 2.24) is 0 Å². The van der Waals surface area contributed by atoms with Crippen LogP contribution in [-0.4, -0.2) is 31.2 Å². The molecule has 1 aromatic rings. The average Bonchev–Trinajstić information content (AvgIpc) is 2.34. The zero-order chi connectivity index (χ0) is 13.7. The summed E-state index contributed by atoms with van der Waals surface area (Å²) in [6.07, 6.45) is 0.253. The number of nitrogens with two attached hydrogens (primary N) is 1. The summed E-state index contributed by atoms with van der Waals surface area (Å²) < 4.78 is 10.3. The van der Waals surface area contributed by atoms with Gasteiger partial charge in [0.05, 0.1) is 19.8 Å². The summed E-state index contributed by atoms with van der Waals surface area (Å²) in [7, 11) is 2.82. The largest absolute Gasteiger partial charge is 0.493 e. The molecule has 0 unspecified atom stereocenters. The van der Waals surface area contributed by atoms with Crippen molar-refractivity contribution in [3.05, 3.63) is 23.3 Å². The SMILES string of the molecule is COc1c(CCC(=O)O)ccc(C(N)=O)c1OC. The molecule has 0 aliphatic heterocycles. The van der Waals surface area contributed by atoms with Crippen molar-refractivity contribution >= 4 is 11.9 Å². The molecule has 0 spiro atoms. The van der Waals surface area contributed by atoms with Gasteiger partial charge in [-0.15, -0.1) is 0 Å². The number of carbonyl (C=O) groups is 2. The average molecular weight is 253 g/mol. The molecule has 18 heavy (non-hydrogen) atoms. The minimum absolute atomic E-state index is 0.0323. The van der Waals surface area contributed by atoms with Crippen LogP contribution < -0.4 is 15.2 Å². The number of rotatable bonds is 6. The highest BCUT2D eigenvalue weighted by Gasteiger charge is 2.18. The molecule has 1 rings (SSSR count). The first-order valence-corrected chi connectivity index (χ1v) is 5.26. The summed E-state index contributed by atoms with van der Waals surface area (Å²) in [5.74, 6) is -0.965. The monoisotopic (exact) mass is 253 g/mol. The Labute approximate surface area is 104 Å². The molecule has 0 atom stereocenters. The molecule has 1 amide bonds. The van der Waals surface area contributed by atoms with Crippen LogP contribution >= 0.6 is 0 Å². The fourth-order valence-corrected chi connectivity index (χ4v) is 1.66. The Morgan fingerprint density at radius 3 is 2.28 bits per heavy atom. The minimum Gasteiger partial charge on any atom is -0.493 e. The molecule has 0 bridgehead atoms. The first-order valence-electron chi connectivity index (χ1n) is 5.26. The lowest BCUT2D eigenvalue weighted by molar-refractivity contribution is -0.136. The number of carboxylic acid groups (broad SMARTS) is 1. The Bertz CT molecular complexity index is 470. The van der Waals surface area contributed by atoms with Crippen molar-refractivity contribution in [3.8, 4) is 11.5 Å². The predicted molar refractivity (Wildman–Crippen MR) is 64.0 cm³/mol. The van der Waals surface area contributed by atoms with E-state index >= 15 is 0 Å². The molecule has 0 fully saturated rings. The summed E-state index contributed by atoms with van der Waals surface area (Å²) in [6, 6.07) is 3.12. The van der Waals surface area contributed by atoms with E-state index < -0.39 is 11.9 Å². The zero-order valence-corrected chi connectivity index (χ0v) is 10.2. The molecule has 0 radical (unpaired) electrons. The Balaban J connectivity index is 3.21. The summed E-state index contributed by atoms with van der Waals surface area (Å²) in [6.45, 7) is 0. The molecule has 3 N–H and O–H groups in total. The highest BCUT2D eigenvalue weighted by molar-refractivity contribution is 5.96. The van der Waals surface area contributed by atoms with Gasteiger partial charge in [0.2, 0.25) is 0 Å². The summed E-state index contributed by atoms with van der Waals surface area (Å²) in [4.78, 5) is 21.8. The van der Waals surface area contributed by atoms with Gasteiger partial charge in [-0.2, -0.15) is 0 Å². The van der Waals surface area contributed by atoms with Gasteiger partial charge in [0.15, 0.2) is 11.5 Å². The highest BCUT2D eigenvalue weighted by Crippen LogP contribution is 2.35. The third kappa shape index (κ3) is 2.91. The van der Waals surface area contributed by atoms with Crippen molar-refractivity contribution in [2.24, 2.45) is 5.73 Å². The van der Waals surface area contributed by atoms with Crippen LogP contribution in [0.15, 0.2) is 12.1 Å². The quantitative estimate of drug-likeness (QED) is 0.782. The van der Waals surface area contributed by atoms with Crippen molar-refractivity contribution in [3.63, 3.8) is 0 Å². The van der Waals surface area contributed by atoms with E-state index in [0.717, 1.165) is 0 Å². The van der Waals surface area contributed by atoms with Gasteiger partial charge < -0.3 is 20.3 Å². The van der Waals surface area contributed by atoms with E-state index in [1.54, 1.807) is 6.07 Å². The molecule has 98 valence electrons. The number of aliphatic carboxylic acids is 1. The molecular weight excluding hydrogens is 238 g/mol. The maximum absolute atomic E-state index is 11.2. The fraction of sp³-hybridized carbons (Fsp3) is 0.333. The predicted octanol–water partition coefficient (Wildman–Crippen LogP) is 0.820. The van der Waals surface area contributed by atoms with Gasteiger partial charge in [-0.25, -0.2) is 0 Å². The standard InChI is InChI=1S/C12H15NO5/c1-17-10-7(4-6-9(14)15)3-5-8(12(13)16)11(10)18-2/h3,5H,4,6H2,1-2H3,(H2,13,16)(H,14,15). The maximum Gasteiger partial charge on any atom is 0.303 e. The Morgan fingerprint density at radius 1 is 1.22 bits per heavy atom. The van der Waals surface area contributed by atoms with Crippen molar-refractivity contribution in [2.45, 2.75) is 12.8 Å². The van der Waals surface area contributed by atoms with E-state index in [2.05, 4.69) is 0 Å². The Morgan fingerprint density at radius 2 is 1.83 bits per heavy atom. The number of methoxy groups -OCH3 is 2. The van der Waals surface area contributed by atoms with Gasteiger partial charge in [0, 0.05) is 6.42 Å².